The number of furan rings is 1. The van der Waals surface area contributed by atoms with E-state index < -0.39 is 0 Å². The number of hydrogen-bond acceptors (Lipinski definition) is 6. The molecule has 0 aromatic carbocycles. The number of nitrogens with zero attached hydrogens (tertiary/aromatic N) is 2. The van der Waals surface area contributed by atoms with Crippen molar-refractivity contribution < 1.29 is 18.7 Å². The number of hydrogen-bond donors (Lipinski definition) is 1. The standard InChI is InChI=1S/C15H14N2O4/c1-10-7-17-14(12-3-2-5-19-12)11(8-18)15(10)21-9-13-16-4-6-20-13/h2-7,18H,8-9H2,1H3. The Morgan fingerprint density at radius 2 is 2.14 bits per heavy atom. The summed E-state index contributed by atoms with van der Waals surface area (Å²) in [6, 6.07) is 3.56. The molecule has 0 unspecified atom stereocenters. The zero-order valence-corrected chi connectivity index (χ0v) is 11.4. The minimum Gasteiger partial charge on any atom is -0.483 e. The number of aliphatic hydroxyl groups is 1. The van der Waals surface area contributed by atoms with E-state index in [0.29, 0.717) is 28.7 Å². The van der Waals surface area contributed by atoms with E-state index in [1.807, 2.05) is 6.92 Å². The van der Waals surface area contributed by atoms with Gasteiger partial charge in [-0.15, -0.1) is 0 Å². The molecule has 0 saturated carbocycles. The minimum atomic E-state index is -0.203. The number of ether oxygens (including phenoxy) is 1. The molecule has 21 heavy (non-hydrogen) atoms. The van der Waals surface area contributed by atoms with Gasteiger partial charge in [0.2, 0.25) is 5.89 Å². The lowest BCUT2D eigenvalue weighted by Gasteiger charge is -2.14. The molecule has 0 radical (unpaired) electrons. The SMILES string of the molecule is Cc1cnc(-c2ccco2)c(CO)c1OCc1ncco1. The maximum absolute atomic E-state index is 9.68. The molecule has 0 saturated heterocycles. The molecule has 0 atom stereocenters. The summed E-state index contributed by atoms with van der Waals surface area (Å²) in [4.78, 5) is 8.32. The molecule has 108 valence electrons. The van der Waals surface area contributed by atoms with Crippen LogP contribution < -0.4 is 4.74 Å². The highest BCUT2D eigenvalue weighted by atomic mass is 16.5. The molecule has 6 nitrogen and oxygen atoms in total. The Hall–Kier alpha value is -2.60. The van der Waals surface area contributed by atoms with Crippen LogP contribution in [-0.4, -0.2) is 15.1 Å². The van der Waals surface area contributed by atoms with E-state index >= 15 is 0 Å². The summed E-state index contributed by atoms with van der Waals surface area (Å²) >= 11 is 0. The van der Waals surface area contributed by atoms with Gasteiger partial charge in [0, 0.05) is 17.3 Å². The van der Waals surface area contributed by atoms with Crippen molar-refractivity contribution in [1.29, 1.82) is 0 Å². The Bertz CT molecular complexity index is 706. The Balaban J connectivity index is 1.96. The number of aliphatic hydroxyl groups excluding tert-OH is 1. The normalized spacial score (nSPS) is 10.8. The predicted octanol–water partition coefficient (Wildman–Crippen LogP) is 2.71. The van der Waals surface area contributed by atoms with E-state index in [1.165, 1.54) is 6.26 Å². The summed E-state index contributed by atoms with van der Waals surface area (Å²) < 4.78 is 16.2. The molecule has 3 heterocycles. The molecule has 0 bridgehead atoms. The van der Waals surface area contributed by atoms with Gasteiger partial charge in [-0.3, -0.25) is 4.98 Å². The van der Waals surface area contributed by atoms with E-state index in [4.69, 9.17) is 13.6 Å². The third-order valence-corrected chi connectivity index (χ3v) is 3.04. The van der Waals surface area contributed by atoms with Crippen molar-refractivity contribution in [1.82, 2.24) is 9.97 Å². The third-order valence-electron chi connectivity index (χ3n) is 3.04. The highest BCUT2D eigenvalue weighted by molar-refractivity contribution is 5.62. The van der Waals surface area contributed by atoms with Gasteiger partial charge in [-0.25, -0.2) is 4.98 Å². The van der Waals surface area contributed by atoms with Crippen LogP contribution in [0.1, 0.15) is 17.0 Å². The van der Waals surface area contributed by atoms with E-state index in [-0.39, 0.29) is 13.2 Å². The summed E-state index contributed by atoms with van der Waals surface area (Å²) in [6.07, 6.45) is 6.28. The van der Waals surface area contributed by atoms with Crippen molar-refractivity contribution in [3.8, 4) is 17.2 Å². The molecular formula is C15H14N2O4. The van der Waals surface area contributed by atoms with Crippen molar-refractivity contribution in [3.05, 3.63) is 54.1 Å². The molecule has 3 aromatic rings. The van der Waals surface area contributed by atoms with Crippen molar-refractivity contribution in [2.45, 2.75) is 20.1 Å². The maximum Gasteiger partial charge on any atom is 0.232 e. The van der Waals surface area contributed by atoms with Gasteiger partial charge in [-0.1, -0.05) is 0 Å². The van der Waals surface area contributed by atoms with Crippen LogP contribution in [0.2, 0.25) is 0 Å². The second-order valence-electron chi connectivity index (χ2n) is 4.45. The maximum atomic E-state index is 9.68. The van der Waals surface area contributed by atoms with Gasteiger partial charge in [0.1, 0.15) is 17.7 Å². The molecular weight excluding hydrogens is 272 g/mol. The number of rotatable bonds is 5. The fraction of sp³-hybridized carbons (Fsp3) is 0.200. The summed E-state index contributed by atoms with van der Waals surface area (Å²) in [5.41, 5.74) is 1.97. The number of oxazole rings is 1. The van der Waals surface area contributed by atoms with Crippen molar-refractivity contribution >= 4 is 0 Å². The van der Waals surface area contributed by atoms with Gasteiger partial charge in [-0.05, 0) is 19.1 Å². The smallest absolute Gasteiger partial charge is 0.232 e. The van der Waals surface area contributed by atoms with Crippen molar-refractivity contribution in [2.75, 3.05) is 0 Å². The predicted molar refractivity (Wildman–Crippen MR) is 73.4 cm³/mol. The van der Waals surface area contributed by atoms with Crippen LogP contribution in [0.4, 0.5) is 0 Å². The molecule has 1 N–H and O–H groups in total. The van der Waals surface area contributed by atoms with Gasteiger partial charge in [0.25, 0.3) is 0 Å². The van der Waals surface area contributed by atoms with Crippen molar-refractivity contribution in [3.63, 3.8) is 0 Å². The Labute approximate surface area is 121 Å². The number of pyridine rings is 1. The van der Waals surface area contributed by atoms with Gasteiger partial charge < -0.3 is 18.7 Å². The Kier molecular flexibility index (Phi) is 3.70. The van der Waals surface area contributed by atoms with Crippen molar-refractivity contribution in [2.24, 2.45) is 0 Å². The van der Waals surface area contributed by atoms with Crippen LogP contribution in [0.15, 0.2) is 45.9 Å². The number of aromatic nitrogens is 2. The van der Waals surface area contributed by atoms with Crippen LogP contribution in [-0.2, 0) is 13.2 Å². The molecule has 0 aliphatic heterocycles. The fourth-order valence-electron chi connectivity index (χ4n) is 2.07. The molecule has 0 spiro atoms. The number of aryl methyl sites for hydroxylation is 1. The van der Waals surface area contributed by atoms with Crippen LogP contribution in [0.25, 0.3) is 11.5 Å². The van der Waals surface area contributed by atoms with E-state index in [2.05, 4.69) is 9.97 Å². The van der Waals surface area contributed by atoms with Crippen LogP contribution >= 0.6 is 0 Å². The summed E-state index contributed by atoms with van der Waals surface area (Å²) in [6.45, 7) is 1.84. The second-order valence-corrected chi connectivity index (χ2v) is 4.45. The zero-order valence-electron chi connectivity index (χ0n) is 11.4. The van der Waals surface area contributed by atoms with E-state index in [9.17, 15) is 5.11 Å². The molecule has 0 aliphatic carbocycles. The Morgan fingerprint density at radius 1 is 1.24 bits per heavy atom. The highest BCUT2D eigenvalue weighted by Gasteiger charge is 2.17. The fourth-order valence-corrected chi connectivity index (χ4v) is 2.07. The average Bonchev–Trinajstić information content (AvgIpc) is 3.18. The first-order valence-corrected chi connectivity index (χ1v) is 6.44. The first-order valence-electron chi connectivity index (χ1n) is 6.44. The van der Waals surface area contributed by atoms with Gasteiger partial charge >= 0.3 is 0 Å². The topological polar surface area (TPSA) is 81.5 Å². The summed E-state index contributed by atoms with van der Waals surface area (Å²) in [5.74, 6) is 1.62. The summed E-state index contributed by atoms with van der Waals surface area (Å²) in [5, 5.41) is 9.68. The lowest BCUT2D eigenvalue weighted by Crippen LogP contribution is -2.04. The van der Waals surface area contributed by atoms with E-state index in [0.717, 1.165) is 5.56 Å². The molecule has 0 fully saturated rings. The quantitative estimate of drug-likeness (QED) is 0.776. The molecule has 6 heteroatoms. The van der Waals surface area contributed by atoms with Gasteiger partial charge in [0.05, 0.1) is 19.1 Å². The minimum absolute atomic E-state index is 0.183. The molecule has 0 amide bonds. The molecule has 3 aromatic heterocycles. The molecule has 3 rings (SSSR count). The third kappa shape index (κ3) is 2.66. The van der Waals surface area contributed by atoms with Gasteiger partial charge in [-0.2, -0.15) is 0 Å². The highest BCUT2D eigenvalue weighted by Crippen LogP contribution is 2.32. The first kappa shape index (κ1) is 13.4. The van der Waals surface area contributed by atoms with Crippen LogP contribution in [0, 0.1) is 6.92 Å². The Morgan fingerprint density at radius 3 is 2.81 bits per heavy atom. The largest absolute Gasteiger partial charge is 0.483 e. The van der Waals surface area contributed by atoms with E-state index in [1.54, 1.807) is 30.8 Å². The zero-order chi connectivity index (χ0) is 14.7. The average molecular weight is 286 g/mol. The monoisotopic (exact) mass is 286 g/mol. The summed E-state index contributed by atoms with van der Waals surface area (Å²) in [7, 11) is 0. The van der Waals surface area contributed by atoms with Crippen LogP contribution in [0.3, 0.4) is 0 Å². The van der Waals surface area contributed by atoms with Crippen LogP contribution in [0.5, 0.6) is 5.75 Å². The lowest BCUT2D eigenvalue weighted by molar-refractivity contribution is 0.239. The lowest BCUT2D eigenvalue weighted by atomic mass is 10.1. The first-order chi connectivity index (χ1) is 10.3. The van der Waals surface area contributed by atoms with Gasteiger partial charge in [0.15, 0.2) is 12.4 Å². The second kappa shape index (κ2) is 5.80. The molecule has 0 aliphatic rings.